The Morgan fingerprint density at radius 3 is 2.71 bits per heavy atom. The molecule has 0 aromatic heterocycles. The predicted molar refractivity (Wildman–Crippen MR) is 89.7 cm³/mol. The maximum absolute atomic E-state index is 13.8. The Balaban J connectivity index is 1.53. The third-order valence-electron chi connectivity index (χ3n) is 5.54. The zero-order valence-corrected chi connectivity index (χ0v) is 13.7. The molecule has 0 spiro atoms. The summed E-state index contributed by atoms with van der Waals surface area (Å²) in [6.07, 6.45) is 2.09. The molecule has 124 valence electrons. The van der Waals surface area contributed by atoms with E-state index in [0.29, 0.717) is 18.0 Å². The largest absolute Gasteiger partial charge is 0.493 e. The summed E-state index contributed by atoms with van der Waals surface area (Å²) in [5, 5.41) is 0. The van der Waals surface area contributed by atoms with Gasteiger partial charge in [-0.05, 0) is 36.5 Å². The Kier molecular flexibility index (Phi) is 3.56. The molecule has 4 rings (SSSR count). The Labute approximate surface area is 141 Å². The molecule has 0 N–H and O–H groups in total. The minimum absolute atomic E-state index is 0.0400. The third-order valence-corrected chi connectivity index (χ3v) is 5.54. The highest BCUT2D eigenvalue weighted by molar-refractivity contribution is 5.97. The van der Waals surface area contributed by atoms with Crippen molar-refractivity contribution in [2.75, 3.05) is 20.2 Å². The van der Waals surface area contributed by atoms with E-state index in [0.717, 1.165) is 19.4 Å². The van der Waals surface area contributed by atoms with Gasteiger partial charge in [0.1, 0.15) is 0 Å². The molecule has 0 radical (unpaired) electrons. The second-order valence-corrected chi connectivity index (χ2v) is 6.75. The quantitative estimate of drug-likeness (QED) is 0.862. The molecule has 2 aromatic carbocycles. The smallest absolute Gasteiger partial charge is 0.257 e. The van der Waals surface area contributed by atoms with Crippen LogP contribution in [0, 0.1) is 11.7 Å². The molecule has 2 atom stereocenters. The number of para-hydroxylation sites is 1. The first kappa shape index (κ1) is 15.2. The minimum Gasteiger partial charge on any atom is -0.493 e. The highest BCUT2D eigenvalue weighted by Crippen LogP contribution is 2.59. The van der Waals surface area contributed by atoms with E-state index in [2.05, 4.69) is 24.3 Å². The van der Waals surface area contributed by atoms with Gasteiger partial charge < -0.3 is 9.64 Å². The minimum atomic E-state index is -0.495. The first-order valence-electron chi connectivity index (χ1n) is 8.33. The van der Waals surface area contributed by atoms with Crippen molar-refractivity contribution in [2.45, 2.75) is 18.3 Å². The van der Waals surface area contributed by atoms with Crippen LogP contribution in [0.15, 0.2) is 48.5 Å². The molecule has 24 heavy (non-hydrogen) atoms. The Hall–Kier alpha value is -2.36. The van der Waals surface area contributed by atoms with Crippen molar-refractivity contribution < 1.29 is 13.9 Å². The molecule has 2 aliphatic rings. The van der Waals surface area contributed by atoms with Gasteiger partial charge in [0.15, 0.2) is 11.6 Å². The van der Waals surface area contributed by atoms with E-state index in [1.165, 1.54) is 18.7 Å². The van der Waals surface area contributed by atoms with Crippen LogP contribution in [0.5, 0.6) is 5.75 Å². The third kappa shape index (κ3) is 2.29. The number of carbonyl (C=O) groups is 1. The van der Waals surface area contributed by atoms with Crippen molar-refractivity contribution in [1.29, 1.82) is 0 Å². The van der Waals surface area contributed by atoms with Crippen molar-refractivity contribution >= 4 is 5.91 Å². The van der Waals surface area contributed by atoms with Crippen LogP contribution in [0.25, 0.3) is 0 Å². The molecule has 4 heteroatoms. The van der Waals surface area contributed by atoms with Gasteiger partial charge >= 0.3 is 0 Å². The zero-order chi connectivity index (χ0) is 16.7. The van der Waals surface area contributed by atoms with Crippen LogP contribution in [0.2, 0.25) is 0 Å². The van der Waals surface area contributed by atoms with Crippen LogP contribution < -0.4 is 4.74 Å². The van der Waals surface area contributed by atoms with E-state index in [1.54, 1.807) is 12.1 Å². The SMILES string of the molecule is COc1c(F)cccc1C(=O)N1CC[C@@]2(c3ccccc3)C[C@H]2C1. The number of fused-ring (bicyclic) bond motifs is 1. The normalized spacial score (nSPS) is 25.1. The fraction of sp³-hybridized carbons (Fsp3) is 0.350. The number of piperidine rings is 1. The lowest BCUT2D eigenvalue weighted by atomic mass is 9.87. The Morgan fingerprint density at radius 2 is 2.00 bits per heavy atom. The maximum Gasteiger partial charge on any atom is 0.257 e. The lowest BCUT2D eigenvalue weighted by Gasteiger charge is -2.32. The molecule has 2 fully saturated rings. The van der Waals surface area contributed by atoms with Gasteiger partial charge in [0.2, 0.25) is 0 Å². The maximum atomic E-state index is 13.8. The van der Waals surface area contributed by atoms with Crippen molar-refractivity contribution in [2.24, 2.45) is 5.92 Å². The monoisotopic (exact) mass is 325 g/mol. The van der Waals surface area contributed by atoms with Crippen LogP contribution in [-0.4, -0.2) is 31.0 Å². The number of methoxy groups -OCH3 is 1. The zero-order valence-electron chi connectivity index (χ0n) is 13.7. The number of rotatable bonds is 3. The molecule has 1 saturated heterocycles. The van der Waals surface area contributed by atoms with Crippen molar-refractivity contribution in [3.63, 3.8) is 0 Å². The highest BCUT2D eigenvalue weighted by atomic mass is 19.1. The van der Waals surface area contributed by atoms with E-state index in [9.17, 15) is 9.18 Å². The van der Waals surface area contributed by atoms with Crippen LogP contribution in [0.1, 0.15) is 28.8 Å². The molecule has 3 nitrogen and oxygen atoms in total. The van der Waals surface area contributed by atoms with Crippen molar-refractivity contribution in [3.05, 3.63) is 65.5 Å². The molecule has 1 aliphatic heterocycles. The molecule has 0 bridgehead atoms. The van der Waals surface area contributed by atoms with E-state index >= 15 is 0 Å². The molecule has 1 saturated carbocycles. The van der Waals surface area contributed by atoms with E-state index in [4.69, 9.17) is 4.74 Å². The number of ether oxygens (including phenoxy) is 1. The van der Waals surface area contributed by atoms with Crippen LogP contribution >= 0.6 is 0 Å². The fourth-order valence-corrected chi connectivity index (χ4v) is 4.13. The summed E-state index contributed by atoms with van der Waals surface area (Å²) in [6.45, 7) is 1.43. The second kappa shape index (κ2) is 5.62. The van der Waals surface area contributed by atoms with Gasteiger partial charge in [-0.2, -0.15) is 0 Å². The summed E-state index contributed by atoms with van der Waals surface area (Å²) in [5.74, 6) is -0.0966. The van der Waals surface area contributed by atoms with Crippen LogP contribution in [0.3, 0.4) is 0 Å². The van der Waals surface area contributed by atoms with Crippen LogP contribution in [-0.2, 0) is 5.41 Å². The lowest BCUT2D eigenvalue weighted by molar-refractivity contribution is 0.0703. The highest BCUT2D eigenvalue weighted by Gasteiger charge is 2.57. The summed E-state index contributed by atoms with van der Waals surface area (Å²) in [4.78, 5) is 14.7. The van der Waals surface area contributed by atoms with Crippen molar-refractivity contribution in [3.8, 4) is 5.75 Å². The topological polar surface area (TPSA) is 29.5 Å². The van der Waals surface area contributed by atoms with Crippen LogP contribution in [0.4, 0.5) is 4.39 Å². The number of hydrogen-bond donors (Lipinski definition) is 0. The summed E-state index contributed by atoms with van der Waals surface area (Å²) < 4.78 is 18.9. The molecule has 1 aliphatic carbocycles. The van der Waals surface area contributed by atoms with Gasteiger partial charge in [0.25, 0.3) is 5.91 Å². The average Bonchev–Trinajstić information content (AvgIpc) is 3.36. The Bertz CT molecular complexity index is 776. The predicted octanol–water partition coefficient (Wildman–Crippen LogP) is 3.64. The van der Waals surface area contributed by atoms with Gasteiger partial charge in [0, 0.05) is 18.5 Å². The van der Waals surface area contributed by atoms with E-state index in [-0.39, 0.29) is 17.1 Å². The van der Waals surface area contributed by atoms with Gasteiger partial charge in [-0.3, -0.25) is 4.79 Å². The number of likely N-dealkylation sites (tertiary alicyclic amines) is 1. The molecule has 1 heterocycles. The van der Waals surface area contributed by atoms with Gasteiger partial charge in [-0.1, -0.05) is 36.4 Å². The molecular formula is C20H20FNO2. The summed E-state index contributed by atoms with van der Waals surface area (Å²) >= 11 is 0. The number of carbonyl (C=O) groups excluding carboxylic acids is 1. The molecule has 1 amide bonds. The summed E-state index contributed by atoms with van der Waals surface area (Å²) in [7, 11) is 1.40. The number of hydrogen-bond acceptors (Lipinski definition) is 2. The first-order chi connectivity index (χ1) is 11.7. The van der Waals surface area contributed by atoms with Crippen molar-refractivity contribution in [1.82, 2.24) is 4.90 Å². The lowest BCUT2D eigenvalue weighted by Crippen LogP contribution is -2.40. The molecular weight excluding hydrogens is 305 g/mol. The van der Waals surface area contributed by atoms with E-state index in [1.807, 2.05) is 11.0 Å². The fourth-order valence-electron chi connectivity index (χ4n) is 4.13. The standard InChI is InChI=1S/C20H20FNO2/c1-24-18-16(8-5-9-17(18)21)19(23)22-11-10-20(12-15(20)13-22)14-6-3-2-4-7-14/h2-9,15H,10-13H2,1H3/t15-,20-/m0/s1. The van der Waals surface area contributed by atoms with Gasteiger partial charge in [-0.15, -0.1) is 0 Å². The van der Waals surface area contributed by atoms with Gasteiger partial charge in [-0.25, -0.2) is 4.39 Å². The summed E-state index contributed by atoms with van der Waals surface area (Å²) in [5.41, 5.74) is 1.93. The Morgan fingerprint density at radius 1 is 1.21 bits per heavy atom. The first-order valence-corrected chi connectivity index (χ1v) is 8.33. The summed E-state index contributed by atoms with van der Waals surface area (Å²) in [6, 6.07) is 15.1. The van der Waals surface area contributed by atoms with E-state index < -0.39 is 5.82 Å². The molecule has 2 aromatic rings. The number of nitrogens with zero attached hydrogens (tertiary/aromatic N) is 1. The number of halogens is 1. The van der Waals surface area contributed by atoms with Gasteiger partial charge in [0.05, 0.1) is 12.7 Å². The number of amides is 1. The number of benzene rings is 2. The molecule has 0 unspecified atom stereocenters. The average molecular weight is 325 g/mol. The second-order valence-electron chi connectivity index (χ2n) is 6.75.